The molecule has 1 aliphatic rings. The van der Waals surface area contributed by atoms with Crippen molar-refractivity contribution in [1.82, 2.24) is 0 Å². The summed E-state index contributed by atoms with van der Waals surface area (Å²) in [6.07, 6.45) is -2.88. The molecule has 1 heterocycles. The topological polar surface area (TPSA) is 109 Å². The molecule has 0 unspecified atom stereocenters. The first-order valence-electron chi connectivity index (χ1n) is 11.3. The third-order valence-electron chi connectivity index (χ3n) is 6.22. The van der Waals surface area contributed by atoms with Crippen LogP contribution in [0.25, 0.3) is 0 Å². The summed E-state index contributed by atoms with van der Waals surface area (Å²) in [5, 5.41) is 42.0. The molecule has 8 heteroatoms. The summed E-state index contributed by atoms with van der Waals surface area (Å²) in [6, 6.07) is 11.7. The van der Waals surface area contributed by atoms with Crippen LogP contribution >= 0.6 is 11.6 Å². The van der Waals surface area contributed by atoms with E-state index in [0.29, 0.717) is 22.6 Å². The van der Waals surface area contributed by atoms with Gasteiger partial charge in [-0.1, -0.05) is 48.9 Å². The van der Waals surface area contributed by atoms with Gasteiger partial charge in [-0.15, -0.1) is 6.58 Å². The molecule has 7 nitrogen and oxygen atoms in total. The normalized spacial score (nSPS) is 27.0. The van der Waals surface area contributed by atoms with E-state index in [2.05, 4.69) is 25.6 Å². The molecule has 0 bridgehead atoms. The maximum absolute atomic E-state index is 11.0. The molecule has 0 aliphatic carbocycles. The molecule has 4 N–H and O–H groups in total. The summed E-state index contributed by atoms with van der Waals surface area (Å²) in [5.41, 5.74) is 3.98. The minimum absolute atomic E-state index is 0.107. The number of benzene rings is 2. The molecule has 1 saturated heterocycles. The van der Waals surface area contributed by atoms with Crippen molar-refractivity contribution >= 4 is 11.6 Å². The molecule has 186 valence electrons. The number of hydrogen-bond acceptors (Lipinski definition) is 7. The lowest BCUT2D eigenvalue weighted by Gasteiger charge is -2.48. The second-order valence-electron chi connectivity index (χ2n) is 8.39. The molecule has 1 fully saturated rings. The average molecular weight is 493 g/mol. The summed E-state index contributed by atoms with van der Waals surface area (Å²) in [7, 11) is 1.33. The number of aliphatic hydroxyl groups excluding tert-OH is 4. The number of rotatable bonds is 10. The fraction of sp³-hybridized carbons (Fsp3) is 0.462. The fourth-order valence-electron chi connectivity index (χ4n) is 4.25. The smallest absolute Gasteiger partial charge is 0.225 e. The Morgan fingerprint density at radius 2 is 1.76 bits per heavy atom. The summed E-state index contributed by atoms with van der Waals surface area (Å²) in [6.45, 7) is 5.55. The molecule has 34 heavy (non-hydrogen) atoms. The molecule has 0 spiro atoms. The van der Waals surface area contributed by atoms with Crippen LogP contribution in [-0.2, 0) is 39.4 Å². The van der Waals surface area contributed by atoms with Gasteiger partial charge in [-0.3, -0.25) is 0 Å². The Hall–Kier alpha value is -1.81. The third kappa shape index (κ3) is 5.37. The average Bonchev–Trinajstić information content (AvgIpc) is 2.85. The maximum Gasteiger partial charge on any atom is 0.225 e. The highest BCUT2D eigenvalue weighted by atomic mass is 35.5. The number of aryl methyl sites for hydroxylation is 1. The minimum Gasteiger partial charge on any atom is -0.394 e. The van der Waals surface area contributed by atoms with Gasteiger partial charge in [0.2, 0.25) is 5.79 Å². The highest BCUT2D eigenvalue weighted by Gasteiger charge is 2.55. The van der Waals surface area contributed by atoms with Crippen LogP contribution in [0.3, 0.4) is 0 Å². The van der Waals surface area contributed by atoms with Gasteiger partial charge in [0.25, 0.3) is 0 Å². The molecular weight excluding hydrogens is 460 g/mol. The van der Waals surface area contributed by atoms with Crippen LogP contribution in [0.5, 0.6) is 0 Å². The standard InChI is InChI=1S/C26H33ClO7/c1-4-10-33-15-19-13-21(27)18(11-17-8-6-16(5-2)7-9-17)12-20(19)26(32-3)25(31)24(30)23(29)22(14-28)34-26/h4,6-9,12-13,22-25,28-31H,1,5,10-11,14-15H2,2-3H3/t22-,23-,24+,25-,26+/m1/s1. The van der Waals surface area contributed by atoms with Crippen molar-refractivity contribution < 1.29 is 34.6 Å². The lowest BCUT2D eigenvalue weighted by atomic mass is 9.84. The summed E-state index contributed by atoms with van der Waals surface area (Å²) >= 11 is 6.65. The zero-order valence-electron chi connectivity index (χ0n) is 19.5. The van der Waals surface area contributed by atoms with Gasteiger partial charge in [-0.25, -0.2) is 0 Å². The van der Waals surface area contributed by atoms with Gasteiger partial charge >= 0.3 is 0 Å². The molecule has 0 radical (unpaired) electrons. The Morgan fingerprint density at radius 3 is 2.35 bits per heavy atom. The van der Waals surface area contributed by atoms with E-state index in [-0.39, 0.29) is 13.2 Å². The second-order valence-corrected chi connectivity index (χ2v) is 8.80. The molecule has 0 aromatic heterocycles. The van der Waals surface area contributed by atoms with Gasteiger partial charge in [0, 0.05) is 17.7 Å². The van der Waals surface area contributed by atoms with Gasteiger partial charge in [0.15, 0.2) is 0 Å². The second kappa shape index (κ2) is 11.7. The van der Waals surface area contributed by atoms with Crippen molar-refractivity contribution in [3.8, 4) is 0 Å². The van der Waals surface area contributed by atoms with E-state index in [1.54, 1.807) is 18.2 Å². The van der Waals surface area contributed by atoms with Gasteiger partial charge in [-0.2, -0.15) is 0 Å². The van der Waals surface area contributed by atoms with Crippen LogP contribution < -0.4 is 0 Å². The Morgan fingerprint density at radius 1 is 1.09 bits per heavy atom. The van der Waals surface area contributed by atoms with Gasteiger partial charge in [0.05, 0.1) is 19.8 Å². The van der Waals surface area contributed by atoms with Crippen molar-refractivity contribution in [3.05, 3.63) is 81.9 Å². The third-order valence-corrected chi connectivity index (χ3v) is 6.57. The van der Waals surface area contributed by atoms with Crippen molar-refractivity contribution in [2.45, 2.75) is 56.6 Å². The predicted octanol–water partition coefficient (Wildman–Crippen LogP) is 2.47. The Bertz CT molecular complexity index is 962. The van der Waals surface area contributed by atoms with E-state index in [9.17, 15) is 20.4 Å². The van der Waals surface area contributed by atoms with E-state index >= 15 is 0 Å². The zero-order chi connectivity index (χ0) is 24.9. The maximum atomic E-state index is 11.0. The summed E-state index contributed by atoms with van der Waals surface area (Å²) < 4.78 is 17.2. The van der Waals surface area contributed by atoms with Gasteiger partial charge in [0.1, 0.15) is 24.4 Å². The number of halogens is 1. The first kappa shape index (κ1) is 26.8. The van der Waals surface area contributed by atoms with Crippen molar-refractivity contribution in [3.63, 3.8) is 0 Å². The molecule has 0 saturated carbocycles. The first-order chi connectivity index (χ1) is 16.3. The predicted molar refractivity (Wildman–Crippen MR) is 129 cm³/mol. The summed E-state index contributed by atoms with van der Waals surface area (Å²) in [5.74, 6) is -1.87. The van der Waals surface area contributed by atoms with Crippen LogP contribution in [0.2, 0.25) is 5.02 Å². The first-order valence-corrected chi connectivity index (χ1v) is 11.6. The monoisotopic (exact) mass is 492 g/mol. The van der Waals surface area contributed by atoms with E-state index in [1.165, 1.54) is 12.7 Å². The van der Waals surface area contributed by atoms with Crippen LogP contribution in [0, 0.1) is 0 Å². The van der Waals surface area contributed by atoms with Crippen LogP contribution in [0.15, 0.2) is 49.1 Å². The van der Waals surface area contributed by atoms with Crippen molar-refractivity contribution in [2.24, 2.45) is 0 Å². The minimum atomic E-state index is -1.87. The lowest BCUT2D eigenvalue weighted by Crippen LogP contribution is -2.64. The number of hydrogen-bond donors (Lipinski definition) is 4. The SMILES string of the molecule is C=CCOCc1cc(Cl)c(Cc2ccc(CC)cc2)cc1[C@]1(OC)O[C@H](CO)[C@@H](O)[C@H](O)[C@H]1O. The lowest BCUT2D eigenvalue weighted by molar-refractivity contribution is -0.366. The van der Waals surface area contributed by atoms with E-state index < -0.39 is 36.8 Å². The highest BCUT2D eigenvalue weighted by molar-refractivity contribution is 6.31. The zero-order valence-corrected chi connectivity index (χ0v) is 20.2. The number of aliphatic hydroxyl groups is 4. The van der Waals surface area contributed by atoms with Crippen molar-refractivity contribution in [2.75, 3.05) is 20.3 Å². The number of ether oxygens (including phenoxy) is 3. The van der Waals surface area contributed by atoms with E-state index in [1.807, 2.05) is 12.1 Å². The molecule has 1 aliphatic heterocycles. The Balaban J connectivity index is 2.10. The molecule has 3 rings (SSSR count). The molecular formula is C26H33ClO7. The fourth-order valence-corrected chi connectivity index (χ4v) is 4.50. The largest absolute Gasteiger partial charge is 0.394 e. The molecule has 2 aromatic rings. The van der Waals surface area contributed by atoms with Gasteiger partial charge < -0.3 is 34.6 Å². The van der Waals surface area contributed by atoms with Gasteiger partial charge in [-0.05, 0) is 47.2 Å². The molecule has 5 atom stereocenters. The van der Waals surface area contributed by atoms with Crippen LogP contribution in [-0.4, -0.2) is 65.2 Å². The van der Waals surface area contributed by atoms with E-state index in [4.69, 9.17) is 25.8 Å². The highest BCUT2D eigenvalue weighted by Crippen LogP contribution is 2.42. The van der Waals surface area contributed by atoms with Crippen molar-refractivity contribution in [1.29, 1.82) is 0 Å². The summed E-state index contributed by atoms with van der Waals surface area (Å²) in [4.78, 5) is 0. The van der Waals surface area contributed by atoms with E-state index in [0.717, 1.165) is 17.5 Å². The van der Waals surface area contributed by atoms with Crippen LogP contribution in [0.1, 0.15) is 34.7 Å². The molecule has 2 aromatic carbocycles. The quantitative estimate of drug-likeness (QED) is 0.298. The molecule has 0 amide bonds. The van der Waals surface area contributed by atoms with Crippen LogP contribution in [0.4, 0.5) is 0 Å². The number of methoxy groups -OCH3 is 1. The Kier molecular flexibility index (Phi) is 9.26. The Labute approximate surface area is 205 Å².